The van der Waals surface area contributed by atoms with E-state index >= 15 is 0 Å². The van der Waals surface area contributed by atoms with Gasteiger partial charge in [-0.05, 0) is 6.07 Å². The van der Waals surface area contributed by atoms with Gasteiger partial charge in [0.05, 0.1) is 6.54 Å². The SMILES string of the molecule is O=C(O)C(Cl)Cn1cccnc1=O. The summed E-state index contributed by atoms with van der Waals surface area (Å²) >= 11 is 5.44. The zero-order valence-corrected chi connectivity index (χ0v) is 7.31. The van der Waals surface area contributed by atoms with Crippen molar-refractivity contribution < 1.29 is 9.90 Å². The highest BCUT2D eigenvalue weighted by molar-refractivity contribution is 6.29. The first-order valence-corrected chi connectivity index (χ1v) is 3.93. The maximum absolute atomic E-state index is 11.0. The molecule has 0 bridgehead atoms. The summed E-state index contributed by atoms with van der Waals surface area (Å²) in [5.41, 5.74) is -0.505. The molecule has 70 valence electrons. The first-order valence-electron chi connectivity index (χ1n) is 3.49. The molecule has 6 heteroatoms. The van der Waals surface area contributed by atoms with Crippen LogP contribution >= 0.6 is 11.6 Å². The molecule has 1 atom stereocenters. The van der Waals surface area contributed by atoms with Crippen molar-refractivity contribution in [2.45, 2.75) is 11.9 Å². The molecule has 1 rings (SSSR count). The van der Waals surface area contributed by atoms with Crippen molar-refractivity contribution in [2.75, 3.05) is 0 Å². The maximum atomic E-state index is 11.0. The number of aromatic nitrogens is 2. The van der Waals surface area contributed by atoms with Crippen molar-refractivity contribution in [3.8, 4) is 0 Å². The van der Waals surface area contributed by atoms with Gasteiger partial charge in [0.15, 0.2) is 0 Å². The Morgan fingerprint density at radius 3 is 3.00 bits per heavy atom. The third-order valence-electron chi connectivity index (χ3n) is 1.41. The quantitative estimate of drug-likeness (QED) is 0.697. The lowest BCUT2D eigenvalue weighted by Crippen LogP contribution is -2.29. The summed E-state index contributed by atoms with van der Waals surface area (Å²) in [6.45, 7) is -0.0798. The minimum Gasteiger partial charge on any atom is -0.480 e. The van der Waals surface area contributed by atoms with Crippen LogP contribution in [0.1, 0.15) is 0 Å². The number of rotatable bonds is 3. The Hall–Kier alpha value is -1.36. The molecule has 5 nitrogen and oxygen atoms in total. The van der Waals surface area contributed by atoms with Gasteiger partial charge in [0.25, 0.3) is 0 Å². The molecule has 0 aromatic carbocycles. The van der Waals surface area contributed by atoms with E-state index in [-0.39, 0.29) is 6.54 Å². The molecule has 0 aliphatic heterocycles. The third-order valence-corrected chi connectivity index (χ3v) is 1.73. The minimum absolute atomic E-state index is 0.0798. The highest BCUT2D eigenvalue weighted by Crippen LogP contribution is 1.98. The van der Waals surface area contributed by atoms with Gasteiger partial charge in [-0.2, -0.15) is 0 Å². The number of hydrogen-bond donors (Lipinski definition) is 1. The molecular weight excluding hydrogens is 196 g/mol. The Balaban J connectivity index is 2.81. The van der Waals surface area contributed by atoms with Crippen LogP contribution in [0.2, 0.25) is 0 Å². The van der Waals surface area contributed by atoms with Crippen LogP contribution in [0.4, 0.5) is 0 Å². The summed E-state index contributed by atoms with van der Waals surface area (Å²) in [7, 11) is 0. The second-order valence-corrected chi connectivity index (χ2v) is 2.89. The van der Waals surface area contributed by atoms with Crippen molar-refractivity contribution >= 4 is 17.6 Å². The van der Waals surface area contributed by atoms with Gasteiger partial charge in [-0.1, -0.05) is 0 Å². The van der Waals surface area contributed by atoms with Gasteiger partial charge in [-0.15, -0.1) is 11.6 Å². The molecule has 0 fully saturated rings. The fraction of sp³-hybridized carbons (Fsp3) is 0.286. The summed E-state index contributed by atoms with van der Waals surface area (Å²) in [5, 5.41) is 7.36. The zero-order valence-electron chi connectivity index (χ0n) is 6.55. The van der Waals surface area contributed by atoms with Crippen molar-refractivity contribution in [1.82, 2.24) is 9.55 Å². The van der Waals surface area contributed by atoms with Gasteiger partial charge in [0, 0.05) is 12.4 Å². The number of alkyl halides is 1. The van der Waals surface area contributed by atoms with E-state index in [9.17, 15) is 9.59 Å². The Bertz CT molecular complexity index is 363. The highest BCUT2D eigenvalue weighted by atomic mass is 35.5. The second kappa shape index (κ2) is 4.04. The number of carboxylic acid groups (broad SMARTS) is 1. The van der Waals surface area contributed by atoms with Crippen molar-refractivity contribution in [2.24, 2.45) is 0 Å². The molecular formula is C7H7ClN2O3. The fourth-order valence-electron chi connectivity index (χ4n) is 0.777. The van der Waals surface area contributed by atoms with Gasteiger partial charge in [0.2, 0.25) is 0 Å². The van der Waals surface area contributed by atoms with Gasteiger partial charge in [-0.25, -0.2) is 9.78 Å². The molecule has 0 saturated heterocycles. The molecule has 0 amide bonds. The van der Waals surface area contributed by atoms with E-state index in [1.807, 2.05) is 0 Å². The Labute approximate surface area is 78.6 Å². The van der Waals surface area contributed by atoms with E-state index in [4.69, 9.17) is 16.7 Å². The lowest BCUT2D eigenvalue weighted by atomic mass is 10.4. The standard InChI is InChI=1S/C7H7ClN2O3/c8-5(6(11)12)4-10-3-1-2-9-7(10)13/h1-3,5H,4H2,(H,11,12). The van der Waals surface area contributed by atoms with Crippen LogP contribution in [0.25, 0.3) is 0 Å². The summed E-state index contributed by atoms with van der Waals surface area (Å²) in [5.74, 6) is -1.16. The predicted octanol–water partition coefficient (Wildman–Crippen LogP) is -0.0647. The van der Waals surface area contributed by atoms with Crippen LogP contribution < -0.4 is 5.69 Å². The third kappa shape index (κ3) is 2.55. The van der Waals surface area contributed by atoms with Crippen LogP contribution in [0, 0.1) is 0 Å². The van der Waals surface area contributed by atoms with E-state index in [0.29, 0.717) is 0 Å². The summed E-state index contributed by atoms with van der Waals surface area (Å²) in [6, 6.07) is 1.53. The lowest BCUT2D eigenvalue weighted by molar-refractivity contribution is -0.136. The summed E-state index contributed by atoms with van der Waals surface area (Å²) in [4.78, 5) is 24.8. The number of aliphatic carboxylic acids is 1. The van der Waals surface area contributed by atoms with Gasteiger partial charge < -0.3 is 5.11 Å². The van der Waals surface area contributed by atoms with Gasteiger partial charge >= 0.3 is 11.7 Å². The van der Waals surface area contributed by atoms with E-state index < -0.39 is 17.0 Å². The van der Waals surface area contributed by atoms with Crippen LogP contribution in [-0.4, -0.2) is 26.0 Å². The van der Waals surface area contributed by atoms with Crippen LogP contribution in [0.5, 0.6) is 0 Å². The lowest BCUT2D eigenvalue weighted by Gasteiger charge is -2.05. The molecule has 1 heterocycles. The Morgan fingerprint density at radius 1 is 1.77 bits per heavy atom. The molecule has 0 aliphatic carbocycles. The second-order valence-electron chi connectivity index (χ2n) is 2.36. The first kappa shape index (κ1) is 9.73. The van der Waals surface area contributed by atoms with Crippen molar-refractivity contribution in [1.29, 1.82) is 0 Å². The predicted molar refractivity (Wildman–Crippen MR) is 45.8 cm³/mol. The first-order chi connectivity index (χ1) is 6.11. The number of nitrogens with zero attached hydrogens (tertiary/aromatic N) is 2. The average molecular weight is 203 g/mol. The maximum Gasteiger partial charge on any atom is 0.347 e. The van der Waals surface area contributed by atoms with Crippen LogP contribution in [0.3, 0.4) is 0 Å². The van der Waals surface area contributed by atoms with E-state index in [0.717, 1.165) is 4.57 Å². The normalized spacial score (nSPS) is 12.4. The number of halogens is 1. The number of carbonyl (C=O) groups is 1. The Kier molecular flexibility index (Phi) is 3.02. The van der Waals surface area contributed by atoms with Crippen molar-refractivity contribution in [3.05, 3.63) is 28.9 Å². The minimum atomic E-state index is -1.16. The zero-order chi connectivity index (χ0) is 9.84. The van der Waals surface area contributed by atoms with Crippen LogP contribution in [0.15, 0.2) is 23.3 Å². The van der Waals surface area contributed by atoms with E-state index in [2.05, 4.69) is 4.98 Å². The summed E-state index contributed by atoms with van der Waals surface area (Å²) < 4.78 is 1.14. The summed E-state index contributed by atoms with van der Waals surface area (Å²) in [6.07, 6.45) is 2.77. The number of hydrogen-bond acceptors (Lipinski definition) is 3. The molecule has 0 radical (unpaired) electrons. The molecule has 1 N–H and O–H groups in total. The average Bonchev–Trinajstić information content (AvgIpc) is 2.08. The molecule has 0 spiro atoms. The molecule has 13 heavy (non-hydrogen) atoms. The topological polar surface area (TPSA) is 72.2 Å². The largest absolute Gasteiger partial charge is 0.480 e. The van der Waals surface area contributed by atoms with Crippen LogP contribution in [-0.2, 0) is 11.3 Å². The van der Waals surface area contributed by atoms with E-state index in [1.165, 1.54) is 18.5 Å². The molecule has 1 aromatic rings. The Morgan fingerprint density at radius 2 is 2.46 bits per heavy atom. The van der Waals surface area contributed by atoms with Gasteiger partial charge in [-0.3, -0.25) is 9.36 Å². The van der Waals surface area contributed by atoms with Crippen molar-refractivity contribution in [3.63, 3.8) is 0 Å². The molecule has 0 aliphatic rings. The highest BCUT2D eigenvalue weighted by Gasteiger charge is 2.14. The monoisotopic (exact) mass is 202 g/mol. The molecule has 1 aromatic heterocycles. The van der Waals surface area contributed by atoms with Gasteiger partial charge in [0.1, 0.15) is 5.38 Å². The fourth-order valence-corrected chi connectivity index (χ4v) is 0.926. The smallest absolute Gasteiger partial charge is 0.347 e. The molecule has 1 unspecified atom stereocenters. The number of carboxylic acids is 1. The van der Waals surface area contributed by atoms with E-state index in [1.54, 1.807) is 0 Å². The molecule has 0 saturated carbocycles.